The SMILES string of the molecule is CCOc1cc2c(c3[nH]c(C(=O)Nc4cc(C)nn4C(C)(C)C)cc13)O[C@@H](C)C2. The Morgan fingerprint density at radius 3 is 2.83 bits per heavy atom. The van der Waals surface area contributed by atoms with Crippen molar-refractivity contribution >= 4 is 22.6 Å². The highest BCUT2D eigenvalue weighted by Gasteiger charge is 2.27. The number of hydrogen-bond acceptors (Lipinski definition) is 4. The van der Waals surface area contributed by atoms with Crippen molar-refractivity contribution in [3.8, 4) is 11.5 Å². The number of hydrogen-bond donors (Lipinski definition) is 2. The van der Waals surface area contributed by atoms with Gasteiger partial charge in [-0.2, -0.15) is 5.10 Å². The standard InChI is InChI=1S/C22H28N4O3/c1-7-28-17-10-14-9-13(3)29-20(14)19-15(17)11-16(23-19)21(27)24-18-8-12(2)25-26(18)22(4,5)6/h8,10-11,13,23H,7,9H2,1-6H3,(H,24,27)/t13-/m0/s1. The summed E-state index contributed by atoms with van der Waals surface area (Å²) >= 11 is 0. The van der Waals surface area contributed by atoms with Crippen LogP contribution in [-0.2, 0) is 12.0 Å². The number of amides is 1. The van der Waals surface area contributed by atoms with E-state index in [2.05, 4.69) is 15.4 Å². The number of H-pyrrole nitrogens is 1. The van der Waals surface area contributed by atoms with E-state index in [9.17, 15) is 4.79 Å². The fraction of sp³-hybridized carbons (Fsp3) is 0.455. The zero-order chi connectivity index (χ0) is 20.9. The van der Waals surface area contributed by atoms with Gasteiger partial charge in [-0.1, -0.05) is 0 Å². The number of carbonyl (C=O) groups excluding carboxylic acids is 1. The van der Waals surface area contributed by atoms with Crippen LogP contribution >= 0.6 is 0 Å². The Labute approximate surface area is 170 Å². The van der Waals surface area contributed by atoms with Crippen molar-refractivity contribution in [2.75, 3.05) is 11.9 Å². The van der Waals surface area contributed by atoms with Crippen molar-refractivity contribution in [2.24, 2.45) is 0 Å². The van der Waals surface area contributed by atoms with Gasteiger partial charge < -0.3 is 19.8 Å². The van der Waals surface area contributed by atoms with Crippen molar-refractivity contribution < 1.29 is 14.3 Å². The highest BCUT2D eigenvalue weighted by Crippen LogP contribution is 2.41. The van der Waals surface area contributed by atoms with Gasteiger partial charge in [0, 0.05) is 23.4 Å². The molecule has 0 bridgehead atoms. The molecule has 3 aromatic rings. The molecule has 2 N–H and O–H groups in total. The molecule has 1 aliphatic rings. The molecule has 0 fully saturated rings. The third-order valence-electron chi connectivity index (χ3n) is 4.99. The van der Waals surface area contributed by atoms with Crippen LogP contribution in [0.3, 0.4) is 0 Å². The van der Waals surface area contributed by atoms with Crippen LogP contribution in [0.2, 0.25) is 0 Å². The molecule has 0 saturated carbocycles. The van der Waals surface area contributed by atoms with E-state index in [0.717, 1.165) is 40.1 Å². The first-order valence-electron chi connectivity index (χ1n) is 10.0. The van der Waals surface area contributed by atoms with Crippen molar-refractivity contribution in [3.05, 3.63) is 35.2 Å². The zero-order valence-corrected chi connectivity index (χ0v) is 17.8. The smallest absolute Gasteiger partial charge is 0.273 e. The second-order valence-electron chi connectivity index (χ2n) is 8.61. The number of anilines is 1. The van der Waals surface area contributed by atoms with E-state index in [4.69, 9.17) is 9.47 Å². The fourth-order valence-corrected chi connectivity index (χ4v) is 3.81. The van der Waals surface area contributed by atoms with Crippen LogP contribution in [0.25, 0.3) is 10.9 Å². The van der Waals surface area contributed by atoms with Crippen molar-refractivity contribution in [1.29, 1.82) is 0 Å². The molecule has 7 nitrogen and oxygen atoms in total. The van der Waals surface area contributed by atoms with Gasteiger partial charge in [-0.3, -0.25) is 4.79 Å². The summed E-state index contributed by atoms with van der Waals surface area (Å²) in [5.74, 6) is 2.02. The van der Waals surface area contributed by atoms with Gasteiger partial charge in [0.05, 0.1) is 23.4 Å². The molecule has 154 valence electrons. The van der Waals surface area contributed by atoms with Gasteiger partial charge in [-0.15, -0.1) is 0 Å². The number of aryl methyl sites for hydroxylation is 1. The molecule has 0 saturated heterocycles. The van der Waals surface area contributed by atoms with Gasteiger partial charge >= 0.3 is 0 Å². The van der Waals surface area contributed by atoms with Crippen LogP contribution in [-0.4, -0.2) is 33.4 Å². The van der Waals surface area contributed by atoms with Crippen molar-refractivity contribution in [3.63, 3.8) is 0 Å². The molecular weight excluding hydrogens is 368 g/mol. The Morgan fingerprint density at radius 1 is 1.38 bits per heavy atom. The summed E-state index contributed by atoms with van der Waals surface area (Å²) < 4.78 is 13.7. The summed E-state index contributed by atoms with van der Waals surface area (Å²) in [5.41, 5.74) is 2.97. The average molecular weight is 396 g/mol. The zero-order valence-electron chi connectivity index (χ0n) is 17.8. The summed E-state index contributed by atoms with van der Waals surface area (Å²) in [6, 6.07) is 5.73. The summed E-state index contributed by atoms with van der Waals surface area (Å²) in [7, 11) is 0. The molecule has 2 aromatic heterocycles. The molecule has 1 atom stereocenters. The Bertz CT molecular complexity index is 1090. The Hall–Kier alpha value is -2.96. The number of carbonyl (C=O) groups is 1. The van der Waals surface area contributed by atoms with Crippen LogP contribution in [0.4, 0.5) is 5.82 Å². The molecule has 0 radical (unpaired) electrons. The molecule has 0 spiro atoms. The number of fused-ring (bicyclic) bond motifs is 3. The second kappa shape index (κ2) is 6.83. The minimum atomic E-state index is -0.246. The normalized spacial score (nSPS) is 16.0. The summed E-state index contributed by atoms with van der Waals surface area (Å²) in [5, 5.41) is 8.36. The first-order valence-corrected chi connectivity index (χ1v) is 10.0. The monoisotopic (exact) mass is 396 g/mol. The maximum absolute atomic E-state index is 13.0. The van der Waals surface area contributed by atoms with Gasteiger partial charge in [0.1, 0.15) is 29.1 Å². The molecule has 1 amide bonds. The van der Waals surface area contributed by atoms with Crippen molar-refractivity contribution in [1.82, 2.24) is 14.8 Å². The number of rotatable bonds is 4. The van der Waals surface area contributed by atoms with E-state index in [0.29, 0.717) is 18.1 Å². The van der Waals surface area contributed by atoms with Crippen molar-refractivity contribution in [2.45, 2.75) is 59.6 Å². The van der Waals surface area contributed by atoms with Gasteiger partial charge in [0.15, 0.2) is 0 Å². The lowest BCUT2D eigenvalue weighted by molar-refractivity contribution is 0.102. The molecule has 29 heavy (non-hydrogen) atoms. The molecule has 1 aromatic carbocycles. The van der Waals surface area contributed by atoms with E-state index in [1.165, 1.54) is 0 Å². The number of nitrogens with one attached hydrogen (secondary N) is 2. The van der Waals surface area contributed by atoms with E-state index < -0.39 is 0 Å². The number of benzene rings is 1. The summed E-state index contributed by atoms with van der Waals surface area (Å²) in [6.45, 7) is 12.6. The Kier molecular flexibility index (Phi) is 4.56. The molecule has 0 aliphatic carbocycles. The Morgan fingerprint density at radius 2 is 2.14 bits per heavy atom. The summed E-state index contributed by atoms with van der Waals surface area (Å²) in [4.78, 5) is 16.3. The van der Waals surface area contributed by atoms with E-state index in [1.807, 2.05) is 64.4 Å². The van der Waals surface area contributed by atoms with Crippen LogP contribution in [0.1, 0.15) is 56.4 Å². The number of nitrogens with zero attached hydrogens (tertiary/aromatic N) is 2. The predicted octanol–water partition coefficient (Wildman–Crippen LogP) is 4.40. The molecule has 1 aliphatic heterocycles. The van der Waals surface area contributed by atoms with E-state index in [1.54, 1.807) is 0 Å². The van der Waals surface area contributed by atoms with Crippen LogP contribution in [0, 0.1) is 6.92 Å². The Balaban J connectivity index is 1.73. The number of ether oxygens (including phenoxy) is 2. The largest absolute Gasteiger partial charge is 0.493 e. The molecule has 3 heterocycles. The van der Waals surface area contributed by atoms with Crippen LogP contribution in [0.15, 0.2) is 18.2 Å². The third-order valence-corrected chi connectivity index (χ3v) is 4.99. The predicted molar refractivity (Wildman–Crippen MR) is 113 cm³/mol. The lowest BCUT2D eigenvalue weighted by Crippen LogP contribution is -2.26. The molecular formula is C22H28N4O3. The van der Waals surface area contributed by atoms with E-state index in [-0.39, 0.29) is 17.6 Å². The first-order chi connectivity index (χ1) is 13.7. The lowest BCUT2D eigenvalue weighted by Gasteiger charge is -2.22. The molecule has 4 rings (SSSR count). The minimum absolute atomic E-state index is 0.106. The second-order valence-corrected chi connectivity index (χ2v) is 8.61. The number of aromatic nitrogens is 3. The highest BCUT2D eigenvalue weighted by atomic mass is 16.5. The van der Waals surface area contributed by atoms with Gasteiger partial charge in [0.25, 0.3) is 5.91 Å². The highest BCUT2D eigenvalue weighted by molar-refractivity contribution is 6.07. The lowest BCUT2D eigenvalue weighted by atomic mass is 10.1. The number of aromatic amines is 1. The molecule has 7 heteroatoms. The van der Waals surface area contributed by atoms with E-state index >= 15 is 0 Å². The van der Waals surface area contributed by atoms with Crippen LogP contribution in [0.5, 0.6) is 11.5 Å². The summed E-state index contributed by atoms with van der Waals surface area (Å²) in [6.07, 6.45) is 0.936. The average Bonchev–Trinajstić information content (AvgIpc) is 3.30. The maximum Gasteiger partial charge on any atom is 0.273 e. The first kappa shape index (κ1) is 19.4. The topological polar surface area (TPSA) is 81.2 Å². The van der Waals surface area contributed by atoms with Crippen LogP contribution < -0.4 is 14.8 Å². The maximum atomic E-state index is 13.0. The molecule has 0 unspecified atom stereocenters. The third kappa shape index (κ3) is 3.45. The minimum Gasteiger partial charge on any atom is -0.493 e. The van der Waals surface area contributed by atoms with Gasteiger partial charge in [-0.25, -0.2) is 4.68 Å². The van der Waals surface area contributed by atoms with Gasteiger partial charge in [-0.05, 0) is 53.7 Å². The quantitative estimate of drug-likeness (QED) is 0.685. The fourth-order valence-electron chi connectivity index (χ4n) is 3.81. The van der Waals surface area contributed by atoms with Gasteiger partial charge in [0.2, 0.25) is 0 Å².